The van der Waals surface area contributed by atoms with Gasteiger partial charge in [0.05, 0.1) is 6.61 Å². The van der Waals surface area contributed by atoms with E-state index in [-0.39, 0.29) is 17.2 Å². The third-order valence-electron chi connectivity index (χ3n) is 6.37. The summed E-state index contributed by atoms with van der Waals surface area (Å²) in [7, 11) is 2.08. The van der Waals surface area contributed by atoms with Crippen LogP contribution in [-0.2, 0) is 14.3 Å². The summed E-state index contributed by atoms with van der Waals surface area (Å²) < 4.78 is 6.27. The predicted octanol–water partition coefficient (Wildman–Crippen LogP) is 2.33. The van der Waals surface area contributed by atoms with Crippen molar-refractivity contribution in [1.29, 1.82) is 0 Å². The molecule has 0 N–H and O–H groups in total. The first-order chi connectivity index (χ1) is 12.6. The minimum absolute atomic E-state index is 0.0702. The minimum Gasteiger partial charge on any atom is -0.353 e. The van der Waals surface area contributed by atoms with Crippen molar-refractivity contribution in [2.24, 2.45) is 11.3 Å². The number of hydrogen-bond acceptors (Lipinski definition) is 4. The van der Waals surface area contributed by atoms with E-state index >= 15 is 0 Å². The fourth-order valence-electron chi connectivity index (χ4n) is 4.62. The molecule has 0 bridgehead atoms. The molecule has 2 aliphatic heterocycles. The molecule has 0 aromatic rings. The van der Waals surface area contributed by atoms with Crippen molar-refractivity contribution in [3.63, 3.8) is 0 Å². The van der Waals surface area contributed by atoms with E-state index in [4.69, 9.17) is 4.74 Å². The highest BCUT2D eigenvalue weighted by atomic mass is 16.5. The first-order valence-electron chi connectivity index (χ1n) is 10.5. The SMILES string of the molecule is CC1CCC2(CC1)OC[C@@H](C(=O)N1CCN(C)CC1)N2C(=O)CC(C)(C)C. The number of carbonyl (C=O) groups excluding carboxylic acids is 2. The number of hydrogen-bond donors (Lipinski definition) is 0. The van der Waals surface area contributed by atoms with Crippen LogP contribution in [0.4, 0.5) is 0 Å². The summed E-state index contributed by atoms with van der Waals surface area (Å²) >= 11 is 0. The van der Waals surface area contributed by atoms with Crippen molar-refractivity contribution in [2.45, 2.75) is 71.6 Å². The molecule has 2 heterocycles. The van der Waals surface area contributed by atoms with Crippen LogP contribution in [-0.4, -0.2) is 78.1 Å². The maximum absolute atomic E-state index is 13.3. The van der Waals surface area contributed by atoms with Gasteiger partial charge in [-0.15, -0.1) is 0 Å². The number of nitrogens with zero attached hydrogens (tertiary/aromatic N) is 3. The third-order valence-corrected chi connectivity index (χ3v) is 6.37. The van der Waals surface area contributed by atoms with Crippen LogP contribution in [0.25, 0.3) is 0 Å². The Hall–Kier alpha value is -1.14. The Bertz CT molecular complexity index is 556. The van der Waals surface area contributed by atoms with E-state index in [1.165, 1.54) is 0 Å². The Morgan fingerprint density at radius 3 is 2.22 bits per heavy atom. The second-order valence-electron chi connectivity index (χ2n) is 10.1. The minimum atomic E-state index is -0.568. The zero-order valence-corrected chi connectivity index (χ0v) is 17.8. The molecule has 0 unspecified atom stereocenters. The Morgan fingerprint density at radius 2 is 1.67 bits per heavy atom. The summed E-state index contributed by atoms with van der Waals surface area (Å²) in [5, 5.41) is 0. The summed E-state index contributed by atoms with van der Waals surface area (Å²) in [6.45, 7) is 12.1. The molecule has 27 heavy (non-hydrogen) atoms. The van der Waals surface area contributed by atoms with Crippen molar-refractivity contribution in [3.05, 3.63) is 0 Å². The standard InChI is InChI=1S/C21H37N3O3/c1-16-6-8-21(9-7-16)24(18(25)14-20(2,3)4)17(15-27-21)19(26)23-12-10-22(5)11-13-23/h16-17H,6-15H2,1-5H3/t16?,17-,21?/m0/s1. The highest BCUT2D eigenvalue weighted by Crippen LogP contribution is 2.43. The van der Waals surface area contributed by atoms with Crippen LogP contribution in [0.5, 0.6) is 0 Å². The van der Waals surface area contributed by atoms with Gasteiger partial charge in [0.15, 0.2) is 0 Å². The maximum atomic E-state index is 13.3. The molecule has 2 saturated heterocycles. The fraction of sp³-hybridized carbons (Fsp3) is 0.905. The summed E-state index contributed by atoms with van der Waals surface area (Å²) in [6.07, 6.45) is 4.23. The maximum Gasteiger partial charge on any atom is 0.247 e. The lowest BCUT2D eigenvalue weighted by atomic mass is 9.82. The topological polar surface area (TPSA) is 53.1 Å². The van der Waals surface area contributed by atoms with Crippen molar-refractivity contribution < 1.29 is 14.3 Å². The first kappa shape index (κ1) is 20.6. The first-order valence-corrected chi connectivity index (χ1v) is 10.5. The molecule has 0 aromatic heterocycles. The van der Waals surface area contributed by atoms with E-state index in [0.717, 1.165) is 51.9 Å². The lowest BCUT2D eigenvalue weighted by Crippen LogP contribution is -2.59. The van der Waals surface area contributed by atoms with Crippen LogP contribution < -0.4 is 0 Å². The molecule has 1 atom stereocenters. The van der Waals surface area contributed by atoms with Crippen molar-refractivity contribution in [3.8, 4) is 0 Å². The van der Waals surface area contributed by atoms with Gasteiger partial charge in [0.1, 0.15) is 11.8 Å². The Labute approximate surface area is 164 Å². The molecular formula is C21H37N3O3. The van der Waals surface area contributed by atoms with Gasteiger partial charge in [-0.25, -0.2) is 0 Å². The molecule has 1 aliphatic carbocycles. The molecule has 1 saturated carbocycles. The van der Waals surface area contributed by atoms with Crippen molar-refractivity contribution >= 4 is 11.8 Å². The van der Waals surface area contributed by atoms with Crippen LogP contribution in [0, 0.1) is 11.3 Å². The molecule has 0 aromatic carbocycles. The van der Waals surface area contributed by atoms with Gasteiger partial charge in [-0.3, -0.25) is 14.5 Å². The molecule has 2 amide bonds. The van der Waals surface area contributed by atoms with Gasteiger partial charge in [-0.2, -0.15) is 0 Å². The zero-order valence-electron chi connectivity index (χ0n) is 17.8. The van der Waals surface area contributed by atoms with Crippen LogP contribution in [0.2, 0.25) is 0 Å². The van der Waals surface area contributed by atoms with Gasteiger partial charge < -0.3 is 14.5 Å². The number of likely N-dealkylation sites (N-methyl/N-ethyl adjacent to an activating group) is 1. The normalized spacial score (nSPS) is 32.9. The van der Waals surface area contributed by atoms with E-state index in [1.807, 2.05) is 9.80 Å². The lowest BCUT2D eigenvalue weighted by Gasteiger charge is -2.44. The van der Waals surface area contributed by atoms with E-state index in [1.54, 1.807) is 0 Å². The number of ether oxygens (including phenoxy) is 1. The molecule has 3 aliphatic rings. The number of piperazine rings is 1. The number of carbonyl (C=O) groups is 2. The Morgan fingerprint density at radius 1 is 1.07 bits per heavy atom. The molecule has 6 nitrogen and oxygen atoms in total. The van der Waals surface area contributed by atoms with E-state index < -0.39 is 11.8 Å². The number of rotatable bonds is 2. The molecule has 3 rings (SSSR count). The summed E-state index contributed by atoms with van der Waals surface area (Å²) in [4.78, 5) is 32.7. The van der Waals surface area contributed by atoms with Crippen LogP contribution in [0.15, 0.2) is 0 Å². The smallest absolute Gasteiger partial charge is 0.247 e. The highest BCUT2D eigenvalue weighted by molar-refractivity contribution is 5.89. The van der Waals surface area contributed by atoms with E-state index in [0.29, 0.717) is 18.9 Å². The molecule has 0 radical (unpaired) electrons. The van der Waals surface area contributed by atoms with Crippen LogP contribution in [0.1, 0.15) is 59.8 Å². The second-order valence-corrected chi connectivity index (χ2v) is 10.1. The average molecular weight is 380 g/mol. The quantitative estimate of drug-likeness (QED) is 0.739. The molecule has 6 heteroatoms. The largest absolute Gasteiger partial charge is 0.353 e. The zero-order chi connectivity index (χ0) is 19.8. The van der Waals surface area contributed by atoms with Gasteiger partial charge in [0.25, 0.3) is 0 Å². The average Bonchev–Trinajstić information content (AvgIpc) is 2.95. The number of amides is 2. The summed E-state index contributed by atoms with van der Waals surface area (Å²) in [6, 6.07) is -0.461. The predicted molar refractivity (Wildman–Crippen MR) is 105 cm³/mol. The summed E-state index contributed by atoms with van der Waals surface area (Å²) in [5.41, 5.74) is -0.675. The van der Waals surface area contributed by atoms with Gasteiger partial charge in [-0.05, 0) is 44.1 Å². The lowest BCUT2D eigenvalue weighted by molar-refractivity contribution is -0.165. The Balaban J connectivity index is 1.81. The Kier molecular flexibility index (Phi) is 5.88. The molecule has 1 spiro atoms. The van der Waals surface area contributed by atoms with Gasteiger partial charge >= 0.3 is 0 Å². The second kappa shape index (κ2) is 7.70. The third kappa shape index (κ3) is 4.48. The van der Waals surface area contributed by atoms with E-state index in [9.17, 15) is 9.59 Å². The van der Waals surface area contributed by atoms with Crippen LogP contribution in [0.3, 0.4) is 0 Å². The molecule has 154 valence electrons. The van der Waals surface area contributed by atoms with E-state index in [2.05, 4.69) is 39.6 Å². The highest BCUT2D eigenvalue weighted by Gasteiger charge is 2.54. The fourth-order valence-corrected chi connectivity index (χ4v) is 4.62. The summed E-state index contributed by atoms with van der Waals surface area (Å²) in [5.74, 6) is 0.800. The van der Waals surface area contributed by atoms with Crippen molar-refractivity contribution in [2.75, 3.05) is 39.8 Å². The van der Waals surface area contributed by atoms with Gasteiger partial charge in [0, 0.05) is 32.6 Å². The van der Waals surface area contributed by atoms with Crippen LogP contribution >= 0.6 is 0 Å². The van der Waals surface area contributed by atoms with Gasteiger partial charge in [0.2, 0.25) is 11.8 Å². The molecular weight excluding hydrogens is 342 g/mol. The molecule has 3 fully saturated rings. The van der Waals surface area contributed by atoms with Gasteiger partial charge in [-0.1, -0.05) is 27.7 Å². The monoisotopic (exact) mass is 379 g/mol. The van der Waals surface area contributed by atoms with Crippen molar-refractivity contribution in [1.82, 2.24) is 14.7 Å².